The van der Waals surface area contributed by atoms with Crippen LogP contribution in [0.4, 0.5) is 20.6 Å². The number of benzene rings is 1. The highest BCUT2D eigenvalue weighted by atomic mass is 19.1. The third-order valence-electron chi connectivity index (χ3n) is 3.01. The lowest BCUT2D eigenvalue weighted by atomic mass is 10.2. The van der Waals surface area contributed by atoms with Crippen molar-refractivity contribution >= 4 is 23.4 Å². The molecule has 0 saturated carbocycles. The molecular weight excluding hydrogens is 341 g/mol. The van der Waals surface area contributed by atoms with E-state index in [-0.39, 0.29) is 23.6 Å². The molecule has 1 aromatic carbocycles. The van der Waals surface area contributed by atoms with Gasteiger partial charge in [-0.2, -0.15) is 0 Å². The second-order valence-corrected chi connectivity index (χ2v) is 6.37. The second-order valence-electron chi connectivity index (χ2n) is 6.37. The summed E-state index contributed by atoms with van der Waals surface area (Å²) in [5.41, 5.74) is 5.54. The van der Waals surface area contributed by atoms with Crippen molar-refractivity contribution in [1.82, 2.24) is 9.97 Å². The third-order valence-corrected chi connectivity index (χ3v) is 3.01. The Hall–Kier alpha value is -3.07. The summed E-state index contributed by atoms with van der Waals surface area (Å²) in [5.74, 6) is -1.15. The summed E-state index contributed by atoms with van der Waals surface area (Å²) in [7, 11) is 0. The summed E-state index contributed by atoms with van der Waals surface area (Å²) in [6, 6.07) is 3.55. The lowest BCUT2D eigenvalue weighted by Gasteiger charge is -2.20. The first-order valence-electron chi connectivity index (χ1n) is 7.80. The Bertz CT molecular complexity index is 803. The quantitative estimate of drug-likeness (QED) is 0.770. The summed E-state index contributed by atoms with van der Waals surface area (Å²) in [5, 5.41) is 4.96. The predicted molar refractivity (Wildman–Crippen MR) is 94.1 cm³/mol. The molecular formula is C17H20FN5O3. The van der Waals surface area contributed by atoms with E-state index >= 15 is 0 Å². The van der Waals surface area contributed by atoms with Gasteiger partial charge >= 0.3 is 6.09 Å². The average Bonchev–Trinajstić information content (AvgIpc) is 2.55. The van der Waals surface area contributed by atoms with Crippen LogP contribution < -0.4 is 16.4 Å². The number of rotatable bonds is 4. The zero-order valence-electron chi connectivity index (χ0n) is 14.7. The minimum atomic E-state index is -0.773. The zero-order chi connectivity index (χ0) is 19.3. The standard InChI is InChI=1S/C17H20FN5O3/c1-17(2,3)26-16(25)23-13-6-10(18)4-5-12(13)22-15(24)14-9-20-11(7-19)8-21-14/h4-6,8-9H,7,19H2,1-3H3,(H,22,24)(H,23,25). The SMILES string of the molecule is CC(C)(C)OC(=O)Nc1cc(F)ccc1NC(=O)c1cnc(CN)cn1. The molecule has 4 N–H and O–H groups in total. The van der Waals surface area contributed by atoms with E-state index in [9.17, 15) is 14.0 Å². The van der Waals surface area contributed by atoms with E-state index in [0.717, 1.165) is 12.1 Å². The fourth-order valence-corrected chi connectivity index (χ4v) is 1.91. The van der Waals surface area contributed by atoms with Crippen LogP contribution in [0.1, 0.15) is 37.0 Å². The maximum atomic E-state index is 13.5. The van der Waals surface area contributed by atoms with Gasteiger partial charge in [0.1, 0.15) is 17.1 Å². The van der Waals surface area contributed by atoms with E-state index in [1.807, 2.05) is 0 Å². The molecule has 2 amide bonds. The smallest absolute Gasteiger partial charge is 0.412 e. The molecule has 0 spiro atoms. The fraction of sp³-hybridized carbons (Fsp3) is 0.294. The number of aromatic nitrogens is 2. The molecule has 0 atom stereocenters. The Kier molecular flexibility index (Phi) is 5.83. The van der Waals surface area contributed by atoms with Crippen LogP contribution in [0, 0.1) is 5.82 Å². The first kappa shape index (κ1) is 19.3. The van der Waals surface area contributed by atoms with E-state index in [1.165, 1.54) is 18.5 Å². The Balaban J connectivity index is 2.17. The van der Waals surface area contributed by atoms with Gasteiger partial charge in [0.15, 0.2) is 0 Å². The first-order chi connectivity index (χ1) is 12.2. The number of nitrogens with two attached hydrogens (primary N) is 1. The molecule has 0 unspecified atom stereocenters. The number of carbonyl (C=O) groups excluding carboxylic acids is 2. The van der Waals surface area contributed by atoms with E-state index in [0.29, 0.717) is 5.69 Å². The normalized spacial score (nSPS) is 11.0. The van der Waals surface area contributed by atoms with E-state index in [1.54, 1.807) is 20.8 Å². The summed E-state index contributed by atoms with van der Waals surface area (Å²) < 4.78 is 18.7. The molecule has 0 fully saturated rings. The number of anilines is 2. The van der Waals surface area contributed by atoms with Crippen LogP contribution in [0.5, 0.6) is 0 Å². The summed E-state index contributed by atoms with van der Waals surface area (Å²) >= 11 is 0. The number of amides is 2. The molecule has 0 saturated heterocycles. The molecule has 8 nitrogen and oxygen atoms in total. The van der Waals surface area contributed by atoms with Gasteiger partial charge in [-0.15, -0.1) is 0 Å². The van der Waals surface area contributed by atoms with Crippen LogP contribution in [0.3, 0.4) is 0 Å². The van der Waals surface area contributed by atoms with Crippen molar-refractivity contribution in [2.24, 2.45) is 5.73 Å². The number of carbonyl (C=O) groups is 2. The van der Waals surface area contributed by atoms with Gasteiger partial charge in [0, 0.05) is 6.54 Å². The Morgan fingerprint density at radius 2 is 1.88 bits per heavy atom. The van der Waals surface area contributed by atoms with Gasteiger partial charge in [-0.3, -0.25) is 15.1 Å². The van der Waals surface area contributed by atoms with Gasteiger partial charge < -0.3 is 15.8 Å². The molecule has 0 aliphatic heterocycles. The summed E-state index contributed by atoms with van der Waals surface area (Å²) in [4.78, 5) is 32.1. The van der Waals surface area contributed by atoms with Crippen molar-refractivity contribution in [2.45, 2.75) is 32.9 Å². The maximum absolute atomic E-state index is 13.5. The molecule has 26 heavy (non-hydrogen) atoms. The number of nitrogens with one attached hydrogen (secondary N) is 2. The minimum Gasteiger partial charge on any atom is -0.444 e. The maximum Gasteiger partial charge on any atom is 0.412 e. The summed E-state index contributed by atoms with van der Waals surface area (Å²) in [6.45, 7) is 5.30. The van der Waals surface area contributed by atoms with E-state index < -0.39 is 23.4 Å². The van der Waals surface area contributed by atoms with Gasteiger partial charge in [-0.05, 0) is 39.0 Å². The highest BCUT2D eigenvalue weighted by molar-refractivity contribution is 6.05. The van der Waals surface area contributed by atoms with Crippen molar-refractivity contribution in [3.63, 3.8) is 0 Å². The van der Waals surface area contributed by atoms with Gasteiger partial charge in [0.25, 0.3) is 5.91 Å². The molecule has 138 valence electrons. The molecule has 1 aromatic heterocycles. The first-order valence-corrected chi connectivity index (χ1v) is 7.80. The van der Waals surface area contributed by atoms with Crippen LogP contribution in [-0.2, 0) is 11.3 Å². The molecule has 0 radical (unpaired) electrons. The number of hydrogen-bond donors (Lipinski definition) is 3. The van der Waals surface area contributed by atoms with Gasteiger partial charge in [0.05, 0.1) is 29.5 Å². The topological polar surface area (TPSA) is 119 Å². The van der Waals surface area contributed by atoms with Crippen LogP contribution in [0.2, 0.25) is 0 Å². The molecule has 0 aliphatic rings. The fourth-order valence-electron chi connectivity index (χ4n) is 1.91. The van der Waals surface area contributed by atoms with Crippen molar-refractivity contribution in [1.29, 1.82) is 0 Å². The minimum absolute atomic E-state index is 0.0507. The van der Waals surface area contributed by atoms with Crippen LogP contribution in [0.25, 0.3) is 0 Å². The van der Waals surface area contributed by atoms with Crippen molar-refractivity contribution in [2.75, 3.05) is 10.6 Å². The molecule has 2 aromatic rings. The number of halogens is 1. The predicted octanol–water partition coefficient (Wildman–Crippen LogP) is 2.67. The number of ether oxygens (including phenoxy) is 1. The average molecular weight is 361 g/mol. The van der Waals surface area contributed by atoms with Crippen molar-refractivity contribution in [3.8, 4) is 0 Å². The lowest BCUT2D eigenvalue weighted by Crippen LogP contribution is -2.27. The van der Waals surface area contributed by atoms with Crippen molar-refractivity contribution < 1.29 is 18.7 Å². The van der Waals surface area contributed by atoms with E-state index in [2.05, 4.69) is 20.6 Å². The molecule has 2 rings (SSSR count). The Morgan fingerprint density at radius 3 is 2.46 bits per heavy atom. The monoisotopic (exact) mass is 361 g/mol. The Morgan fingerprint density at radius 1 is 1.15 bits per heavy atom. The van der Waals surface area contributed by atoms with Crippen molar-refractivity contribution in [3.05, 3.63) is 47.8 Å². The van der Waals surface area contributed by atoms with Crippen LogP contribution in [0.15, 0.2) is 30.6 Å². The highest BCUT2D eigenvalue weighted by Crippen LogP contribution is 2.24. The molecule has 1 heterocycles. The van der Waals surface area contributed by atoms with Crippen LogP contribution in [-0.4, -0.2) is 27.6 Å². The second kappa shape index (κ2) is 7.87. The number of hydrogen-bond acceptors (Lipinski definition) is 6. The van der Waals surface area contributed by atoms with Crippen LogP contribution >= 0.6 is 0 Å². The molecule has 0 aliphatic carbocycles. The summed E-state index contributed by atoms with van der Waals surface area (Å²) in [6.07, 6.45) is 1.90. The Labute approximate surface area is 150 Å². The lowest BCUT2D eigenvalue weighted by molar-refractivity contribution is 0.0635. The van der Waals surface area contributed by atoms with Gasteiger partial charge in [0.2, 0.25) is 0 Å². The highest BCUT2D eigenvalue weighted by Gasteiger charge is 2.18. The molecule has 9 heteroatoms. The van der Waals surface area contributed by atoms with Gasteiger partial charge in [-0.25, -0.2) is 14.2 Å². The van der Waals surface area contributed by atoms with E-state index in [4.69, 9.17) is 10.5 Å². The third kappa shape index (κ3) is 5.49. The largest absolute Gasteiger partial charge is 0.444 e. The molecule has 0 bridgehead atoms. The zero-order valence-corrected chi connectivity index (χ0v) is 14.7. The van der Waals surface area contributed by atoms with Gasteiger partial charge in [-0.1, -0.05) is 0 Å². The number of nitrogens with zero attached hydrogens (tertiary/aromatic N) is 2.